The minimum absolute atomic E-state index is 0.240. The van der Waals surface area contributed by atoms with Gasteiger partial charge in [-0.05, 0) is 42.2 Å². The van der Waals surface area contributed by atoms with Gasteiger partial charge in [0.15, 0.2) is 0 Å². The van der Waals surface area contributed by atoms with Crippen molar-refractivity contribution in [3.05, 3.63) is 24.0 Å². The molecule has 0 bridgehead atoms. The van der Waals surface area contributed by atoms with E-state index in [-0.39, 0.29) is 11.0 Å². The summed E-state index contributed by atoms with van der Waals surface area (Å²) in [6.07, 6.45) is 6.67. The number of aromatic amines is 1. The van der Waals surface area contributed by atoms with E-state index in [1.54, 1.807) is 6.20 Å². The first kappa shape index (κ1) is 15.8. The van der Waals surface area contributed by atoms with Gasteiger partial charge >= 0.3 is 7.12 Å². The van der Waals surface area contributed by atoms with Crippen molar-refractivity contribution in [3.8, 4) is 0 Å². The Morgan fingerprint density at radius 3 is 3.12 bits per heavy atom. The van der Waals surface area contributed by atoms with E-state index in [0.717, 1.165) is 61.0 Å². The third kappa shape index (κ3) is 2.30. The number of hydrogen-bond acceptors (Lipinski definition) is 5. The van der Waals surface area contributed by atoms with Gasteiger partial charge in [-0.1, -0.05) is 13.8 Å². The van der Waals surface area contributed by atoms with Crippen LogP contribution in [0.5, 0.6) is 0 Å². The number of rotatable bonds is 3. The highest BCUT2D eigenvalue weighted by atomic mass is 16.7. The van der Waals surface area contributed by atoms with Crippen molar-refractivity contribution in [1.82, 2.24) is 15.0 Å². The summed E-state index contributed by atoms with van der Waals surface area (Å²) in [5, 5.41) is 13.6. The second kappa shape index (κ2) is 5.30. The predicted molar refractivity (Wildman–Crippen MR) is 95.1 cm³/mol. The quantitative estimate of drug-likeness (QED) is 0.829. The molecule has 7 heteroatoms. The highest BCUT2D eigenvalue weighted by Gasteiger charge is 2.63. The molecule has 2 aromatic heterocycles. The lowest BCUT2D eigenvalue weighted by Crippen LogP contribution is -2.51. The first-order valence-electron chi connectivity index (χ1n) is 9.21. The summed E-state index contributed by atoms with van der Waals surface area (Å²) in [5.74, 6) is 0.541. The van der Waals surface area contributed by atoms with E-state index < -0.39 is 7.12 Å². The van der Waals surface area contributed by atoms with Crippen LogP contribution >= 0.6 is 0 Å². The summed E-state index contributed by atoms with van der Waals surface area (Å²) in [5.41, 5.74) is 2.70. The number of aromatic nitrogens is 2. The maximum atomic E-state index is 10.4. The normalized spacial score (nSPS) is 31.6. The fraction of sp³-hybridized carbons (Fsp3) is 0.611. The molecule has 0 atom stereocenters. The van der Waals surface area contributed by atoms with Crippen LogP contribution in [0.3, 0.4) is 0 Å². The molecular weight excluding hydrogens is 317 g/mol. The lowest BCUT2D eigenvalue weighted by Gasteiger charge is -2.53. The van der Waals surface area contributed by atoms with E-state index in [1.807, 2.05) is 12.3 Å². The van der Waals surface area contributed by atoms with E-state index in [4.69, 9.17) is 9.49 Å². The van der Waals surface area contributed by atoms with Crippen molar-refractivity contribution in [2.45, 2.75) is 38.7 Å². The molecule has 2 aromatic rings. The van der Waals surface area contributed by atoms with Gasteiger partial charge in [0.2, 0.25) is 0 Å². The van der Waals surface area contributed by atoms with Gasteiger partial charge in [-0.2, -0.15) is 5.06 Å². The Morgan fingerprint density at radius 1 is 1.48 bits per heavy atom. The Bertz CT molecular complexity index is 815. The van der Waals surface area contributed by atoms with Crippen LogP contribution in [0.15, 0.2) is 18.5 Å². The van der Waals surface area contributed by atoms with Gasteiger partial charge in [0.25, 0.3) is 0 Å². The summed E-state index contributed by atoms with van der Waals surface area (Å²) in [6, 6.07) is 2.04. The first-order valence-corrected chi connectivity index (χ1v) is 9.21. The molecular formula is C18H24BN3O3. The molecule has 25 heavy (non-hydrogen) atoms. The second-order valence-electron chi connectivity index (χ2n) is 8.45. The second-order valence-corrected chi connectivity index (χ2v) is 8.45. The van der Waals surface area contributed by atoms with E-state index in [2.05, 4.69) is 28.9 Å². The molecule has 2 spiro atoms. The largest absolute Gasteiger partial charge is 0.493 e. The van der Waals surface area contributed by atoms with Crippen molar-refractivity contribution in [3.63, 3.8) is 0 Å². The number of hydroxylamine groups is 2. The van der Waals surface area contributed by atoms with Gasteiger partial charge in [0, 0.05) is 36.3 Å². The highest BCUT2D eigenvalue weighted by molar-refractivity contribution is 6.62. The van der Waals surface area contributed by atoms with Crippen LogP contribution in [0.4, 0.5) is 0 Å². The summed E-state index contributed by atoms with van der Waals surface area (Å²) < 4.78 is 6.10. The molecule has 0 aromatic carbocycles. The molecule has 2 fully saturated rings. The number of hydrogen-bond donors (Lipinski definition) is 2. The topological polar surface area (TPSA) is 70.6 Å². The number of pyridine rings is 1. The maximum Gasteiger partial charge on any atom is 0.493 e. The molecule has 6 nitrogen and oxygen atoms in total. The molecule has 132 valence electrons. The molecule has 1 saturated carbocycles. The van der Waals surface area contributed by atoms with Crippen LogP contribution in [-0.2, 0) is 15.1 Å². The average Bonchev–Trinajstić information content (AvgIpc) is 3.22. The van der Waals surface area contributed by atoms with Crippen molar-refractivity contribution in [1.29, 1.82) is 0 Å². The monoisotopic (exact) mass is 341 g/mol. The standard InChI is InChI=1S/C18H24BN3O3/c1-12(2)8-24-22-6-4-17(11-22)9-18(10-17)15-13-3-5-20-16(13)21-7-14(15)19(23)25-18/h3,5,7,12,23H,4,6,8-11H2,1-2H3,(H,20,21). The predicted octanol–water partition coefficient (Wildman–Crippen LogP) is 1.55. The van der Waals surface area contributed by atoms with Crippen LogP contribution in [0.1, 0.15) is 38.7 Å². The summed E-state index contributed by atoms with van der Waals surface area (Å²) in [4.78, 5) is 13.5. The maximum absolute atomic E-state index is 10.4. The zero-order chi connectivity index (χ0) is 17.2. The lowest BCUT2D eigenvalue weighted by molar-refractivity contribution is -0.176. The summed E-state index contributed by atoms with van der Waals surface area (Å²) in [6.45, 7) is 7.05. The minimum Gasteiger partial charge on any atom is -0.423 e. The molecule has 1 saturated heterocycles. The van der Waals surface area contributed by atoms with Gasteiger partial charge in [-0.25, -0.2) is 4.98 Å². The van der Waals surface area contributed by atoms with Gasteiger partial charge in [-0.15, -0.1) is 0 Å². The van der Waals surface area contributed by atoms with Gasteiger partial charge in [0.1, 0.15) is 5.65 Å². The third-order valence-electron chi connectivity index (χ3n) is 5.99. The fourth-order valence-electron chi connectivity index (χ4n) is 5.02. The zero-order valence-corrected chi connectivity index (χ0v) is 14.8. The highest BCUT2D eigenvalue weighted by Crippen LogP contribution is 2.62. The van der Waals surface area contributed by atoms with E-state index >= 15 is 0 Å². The average molecular weight is 341 g/mol. The number of fused-ring (bicyclic) bond motifs is 4. The smallest absolute Gasteiger partial charge is 0.423 e. The Morgan fingerprint density at radius 2 is 2.32 bits per heavy atom. The molecule has 0 unspecified atom stereocenters. The molecule has 3 aliphatic rings. The number of nitrogens with one attached hydrogen (secondary N) is 1. The van der Waals surface area contributed by atoms with Crippen molar-refractivity contribution < 1.29 is 14.5 Å². The molecule has 0 radical (unpaired) electrons. The van der Waals surface area contributed by atoms with Crippen LogP contribution in [0.25, 0.3) is 11.0 Å². The number of nitrogens with zero attached hydrogens (tertiary/aromatic N) is 2. The third-order valence-corrected chi connectivity index (χ3v) is 5.99. The van der Waals surface area contributed by atoms with E-state index in [0.29, 0.717) is 5.92 Å². The Balaban J connectivity index is 1.40. The molecule has 2 aliphatic heterocycles. The molecule has 4 heterocycles. The van der Waals surface area contributed by atoms with E-state index in [9.17, 15) is 5.02 Å². The van der Waals surface area contributed by atoms with Crippen LogP contribution in [0, 0.1) is 11.3 Å². The summed E-state index contributed by atoms with van der Waals surface area (Å²) >= 11 is 0. The van der Waals surface area contributed by atoms with Crippen LogP contribution in [-0.4, -0.2) is 46.9 Å². The molecule has 1 aliphatic carbocycles. The molecule has 0 amide bonds. The van der Waals surface area contributed by atoms with Crippen molar-refractivity contribution in [2.24, 2.45) is 11.3 Å². The summed E-state index contributed by atoms with van der Waals surface area (Å²) in [7, 11) is -0.867. The van der Waals surface area contributed by atoms with Crippen molar-refractivity contribution in [2.75, 3.05) is 19.7 Å². The fourth-order valence-corrected chi connectivity index (χ4v) is 5.02. The van der Waals surface area contributed by atoms with Crippen LogP contribution in [0.2, 0.25) is 0 Å². The van der Waals surface area contributed by atoms with Gasteiger partial charge in [-0.3, -0.25) is 4.84 Å². The molecule has 5 rings (SSSR count). The number of H-pyrrole nitrogens is 1. The minimum atomic E-state index is -0.867. The van der Waals surface area contributed by atoms with Crippen LogP contribution < -0.4 is 5.46 Å². The molecule has 2 N–H and O–H groups in total. The van der Waals surface area contributed by atoms with Gasteiger partial charge in [0.05, 0.1) is 12.2 Å². The van der Waals surface area contributed by atoms with E-state index in [1.165, 1.54) is 0 Å². The Kier molecular flexibility index (Phi) is 3.35. The SMILES string of the molecule is CC(C)CON1CCC2(C1)CC1(C2)OB(O)c2cnc3[nH]ccc3c21. The zero-order valence-electron chi connectivity index (χ0n) is 14.8. The Labute approximate surface area is 147 Å². The van der Waals surface area contributed by atoms with Gasteiger partial charge < -0.3 is 14.7 Å². The lowest BCUT2D eigenvalue weighted by atomic mass is 9.56. The van der Waals surface area contributed by atoms with Crippen molar-refractivity contribution >= 4 is 23.6 Å². The first-order chi connectivity index (χ1) is 12.0. The Hall–Kier alpha value is -1.41.